The number of aromatic nitrogens is 2. The number of sulfonamides is 1. The molecule has 3 rings (SSSR count). The number of benzene rings is 1. The maximum Gasteiger partial charge on any atom is 0.244 e. The molecule has 1 unspecified atom stereocenters. The van der Waals surface area contributed by atoms with Gasteiger partial charge in [-0.3, -0.25) is 4.68 Å². The highest BCUT2D eigenvalue weighted by Gasteiger charge is 2.29. The maximum atomic E-state index is 12.5. The summed E-state index contributed by atoms with van der Waals surface area (Å²) in [4.78, 5) is 2.49. The van der Waals surface area contributed by atoms with Crippen LogP contribution in [0.3, 0.4) is 0 Å². The van der Waals surface area contributed by atoms with Crippen molar-refractivity contribution in [2.45, 2.75) is 17.4 Å². The molecule has 1 aliphatic heterocycles. The molecule has 1 aromatic heterocycles. The summed E-state index contributed by atoms with van der Waals surface area (Å²) in [5.74, 6) is 0. The van der Waals surface area contributed by atoms with Crippen LogP contribution < -0.4 is 4.90 Å². The fourth-order valence-corrected chi connectivity index (χ4v) is 3.91. The Labute approximate surface area is 131 Å². The number of anilines is 1. The van der Waals surface area contributed by atoms with Gasteiger partial charge >= 0.3 is 0 Å². The van der Waals surface area contributed by atoms with E-state index in [1.807, 2.05) is 29.1 Å². The topological polar surface area (TPSA) is 58.4 Å². The summed E-state index contributed by atoms with van der Waals surface area (Å²) in [5.41, 5.74) is 0.769. The molecule has 0 amide bonds. The number of rotatable bonds is 4. The minimum absolute atomic E-state index is 0.283. The van der Waals surface area contributed by atoms with Crippen molar-refractivity contribution in [2.75, 3.05) is 32.1 Å². The molecule has 1 saturated heterocycles. The number of hydrogen-bond acceptors (Lipinski definition) is 4. The molecule has 0 bridgehead atoms. The zero-order chi connectivity index (χ0) is 15.7. The smallest absolute Gasteiger partial charge is 0.244 e. The second kappa shape index (κ2) is 5.73. The average molecular weight is 320 g/mol. The molecule has 0 saturated carbocycles. The Balaban J connectivity index is 1.91. The summed E-state index contributed by atoms with van der Waals surface area (Å²) in [7, 11) is -0.331. The van der Waals surface area contributed by atoms with E-state index in [1.54, 1.807) is 32.4 Å². The Kier molecular flexibility index (Phi) is 3.92. The molecular weight excluding hydrogens is 300 g/mol. The normalized spacial score (nSPS) is 19.0. The molecule has 22 heavy (non-hydrogen) atoms. The lowest BCUT2D eigenvalue weighted by Gasteiger charge is -2.23. The van der Waals surface area contributed by atoms with Crippen LogP contribution in [0.25, 0.3) is 0 Å². The van der Waals surface area contributed by atoms with E-state index < -0.39 is 10.0 Å². The fraction of sp³-hybridized carbons (Fsp3) is 0.400. The van der Waals surface area contributed by atoms with Crippen LogP contribution in [0.4, 0.5) is 5.69 Å². The second-order valence-electron chi connectivity index (χ2n) is 5.63. The number of para-hydroxylation sites is 1. The first-order chi connectivity index (χ1) is 10.5. The molecule has 1 fully saturated rings. The van der Waals surface area contributed by atoms with Gasteiger partial charge in [-0.25, -0.2) is 12.7 Å². The van der Waals surface area contributed by atoms with Crippen molar-refractivity contribution in [3.05, 3.63) is 42.7 Å². The monoisotopic (exact) mass is 320 g/mol. The quantitative estimate of drug-likeness (QED) is 0.858. The van der Waals surface area contributed by atoms with E-state index in [0.717, 1.165) is 25.2 Å². The third kappa shape index (κ3) is 2.62. The minimum atomic E-state index is -3.45. The SMILES string of the molecule is CN(C)S(=O)(=O)c1ccccc1N1CCC(n2cccn2)C1. The number of nitrogens with zero attached hydrogens (tertiary/aromatic N) is 4. The summed E-state index contributed by atoms with van der Waals surface area (Å²) in [6.45, 7) is 1.59. The van der Waals surface area contributed by atoms with Gasteiger partial charge in [0.2, 0.25) is 10.0 Å². The van der Waals surface area contributed by atoms with Gasteiger partial charge in [0.1, 0.15) is 4.90 Å². The second-order valence-corrected chi connectivity index (χ2v) is 7.75. The zero-order valence-electron chi connectivity index (χ0n) is 12.8. The molecule has 7 heteroatoms. The van der Waals surface area contributed by atoms with Gasteiger partial charge in [-0.1, -0.05) is 12.1 Å². The van der Waals surface area contributed by atoms with Crippen LogP contribution in [0.2, 0.25) is 0 Å². The van der Waals surface area contributed by atoms with E-state index in [0.29, 0.717) is 4.90 Å². The van der Waals surface area contributed by atoms with Gasteiger partial charge in [0, 0.05) is 39.6 Å². The van der Waals surface area contributed by atoms with Crippen molar-refractivity contribution >= 4 is 15.7 Å². The van der Waals surface area contributed by atoms with E-state index in [1.165, 1.54) is 4.31 Å². The van der Waals surface area contributed by atoms with Gasteiger partial charge in [-0.2, -0.15) is 5.10 Å². The van der Waals surface area contributed by atoms with Crippen molar-refractivity contribution in [3.63, 3.8) is 0 Å². The fourth-order valence-electron chi connectivity index (χ4n) is 2.81. The van der Waals surface area contributed by atoms with E-state index >= 15 is 0 Å². The Morgan fingerprint density at radius 1 is 1.23 bits per heavy atom. The van der Waals surface area contributed by atoms with E-state index in [9.17, 15) is 8.42 Å². The van der Waals surface area contributed by atoms with Crippen molar-refractivity contribution in [2.24, 2.45) is 0 Å². The molecule has 0 spiro atoms. The van der Waals surface area contributed by atoms with Gasteiger partial charge < -0.3 is 4.90 Å². The van der Waals surface area contributed by atoms with E-state index in [-0.39, 0.29) is 6.04 Å². The largest absolute Gasteiger partial charge is 0.368 e. The average Bonchev–Trinajstić information content (AvgIpc) is 3.18. The summed E-state index contributed by atoms with van der Waals surface area (Å²) >= 11 is 0. The minimum Gasteiger partial charge on any atom is -0.368 e. The van der Waals surface area contributed by atoms with E-state index in [2.05, 4.69) is 10.00 Å². The van der Waals surface area contributed by atoms with Crippen LogP contribution in [0.15, 0.2) is 47.6 Å². The van der Waals surface area contributed by atoms with Crippen LogP contribution in [0.1, 0.15) is 12.5 Å². The van der Waals surface area contributed by atoms with Crippen LogP contribution in [-0.2, 0) is 10.0 Å². The molecule has 2 heterocycles. The molecule has 1 aliphatic rings. The lowest BCUT2D eigenvalue weighted by Crippen LogP contribution is -2.27. The van der Waals surface area contributed by atoms with Gasteiger partial charge in [0.05, 0.1) is 11.7 Å². The molecule has 6 nitrogen and oxygen atoms in total. The highest BCUT2D eigenvalue weighted by Crippen LogP contribution is 2.32. The van der Waals surface area contributed by atoms with Crippen molar-refractivity contribution in [3.8, 4) is 0 Å². The molecule has 1 aromatic carbocycles. The molecule has 0 aliphatic carbocycles. The molecule has 0 radical (unpaired) electrons. The third-order valence-corrected chi connectivity index (χ3v) is 5.89. The van der Waals surface area contributed by atoms with E-state index in [4.69, 9.17) is 0 Å². The van der Waals surface area contributed by atoms with Gasteiger partial charge in [0.15, 0.2) is 0 Å². The first-order valence-corrected chi connectivity index (χ1v) is 8.70. The highest BCUT2D eigenvalue weighted by atomic mass is 32.2. The Bertz CT molecular complexity index is 741. The summed E-state index contributed by atoms with van der Waals surface area (Å²) in [6, 6.07) is 9.39. The standard InChI is InChI=1S/C15H20N4O2S/c1-17(2)22(20,21)15-7-4-3-6-14(15)18-11-8-13(12-18)19-10-5-9-16-19/h3-7,9-10,13H,8,11-12H2,1-2H3. The van der Waals surface area contributed by atoms with Crippen LogP contribution in [0, 0.1) is 0 Å². The third-order valence-electron chi connectivity index (χ3n) is 4.03. The van der Waals surface area contributed by atoms with Crippen molar-refractivity contribution in [1.29, 1.82) is 0 Å². The number of hydrogen-bond donors (Lipinski definition) is 0. The molecule has 0 N–H and O–H groups in total. The first kappa shape index (κ1) is 15.1. The predicted molar refractivity (Wildman–Crippen MR) is 85.4 cm³/mol. The maximum absolute atomic E-state index is 12.5. The molecule has 1 atom stereocenters. The van der Waals surface area contributed by atoms with Gasteiger partial charge in [-0.05, 0) is 24.6 Å². The van der Waals surface area contributed by atoms with Gasteiger partial charge in [-0.15, -0.1) is 0 Å². The Morgan fingerprint density at radius 2 is 2.00 bits per heavy atom. The molecule has 2 aromatic rings. The Morgan fingerprint density at radius 3 is 2.68 bits per heavy atom. The Hall–Kier alpha value is -1.86. The zero-order valence-corrected chi connectivity index (χ0v) is 13.6. The lowest BCUT2D eigenvalue weighted by atomic mass is 10.3. The highest BCUT2D eigenvalue weighted by molar-refractivity contribution is 7.89. The summed E-state index contributed by atoms with van der Waals surface area (Å²) in [6.07, 6.45) is 4.68. The lowest BCUT2D eigenvalue weighted by molar-refractivity contribution is 0.494. The van der Waals surface area contributed by atoms with Crippen LogP contribution in [-0.4, -0.2) is 49.7 Å². The van der Waals surface area contributed by atoms with Gasteiger partial charge in [0.25, 0.3) is 0 Å². The van der Waals surface area contributed by atoms with Crippen molar-refractivity contribution < 1.29 is 8.42 Å². The predicted octanol–water partition coefficient (Wildman–Crippen LogP) is 1.58. The van der Waals surface area contributed by atoms with Crippen LogP contribution in [0.5, 0.6) is 0 Å². The summed E-state index contributed by atoms with van der Waals surface area (Å²) in [5, 5.41) is 4.29. The first-order valence-electron chi connectivity index (χ1n) is 7.26. The van der Waals surface area contributed by atoms with Crippen LogP contribution >= 0.6 is 0 Å². The molecule has 118 valence electrons. The van der Waals surface area contributed by atoms with Crippen molar-refractivity contribution in [1.82, 2.24) is 14.1 Å². The summed E-state index contributed by atoms with van der Waals surface area (Å²) < 4.78 is 28.2. The molecular formula is C15H20N4O2S.